The number of aromatic nitrogens is 1. The summed E-state index contributed by atoms with van der Waals surface area (Å²) in [5.41, 5.74) is 4.06. The Bertz CT molecular complexity index is 789. The van der Waals surface area contributed by atoms with Gasteiger partial charge in [-0.05, 0) is 99.5 Å². The third-order valence-corrected chi connectivity index (χ3v) is 6.53. The van der Waals surface area contributed by atoms with Gasteiger partial charge in [-0.1, -0.05) is 0 Å². The first kappa shape index (κ1) is 20.6. The predicted molar refractivity (Wildman–Crippen MR) is 118 cm³/mol. The van der Waals surface area contributed by atoms with Crippen LogP contribution in [0, 0.1) is 17.4 Å². The molecule has 0 atom stereocenters. The van der Waals surface area contributed by atoms with E-state index >= 15 is 0 Å². The highest BCUT2D eigenvalue weighted by Crippen LogP contribution is 2.25. The van der Waals surface area contributed by atoms with Crippen LogP contribution in [0.4, 0.5) is 0 Å². The Morgan fingerprint density at radius 3 is 2.41 bits per heavy atom. The summed E-state index contributed by atoms with van der Waals surface area (Å²) < 4.78 is 8.84. The van der Waals surface area contributed by atoms with E-state index in [1.54, 1.807) is 7.11 Å². The van der Waals surface area contributed by atoms with Gasteiger partial charge in [-0.25, -0.2) is 0 Å². The van der Waals surface area contributed by atoms with Crippen molar-refractivity contribution < 1.29 is 9.53 Å². The van der Waals surface area contributed by atoms with Gasteiger partial charge < -0.3 is 9.30 Å². The average molecular weight is 480 g/mol. The van der Waals surface area contributed by atoms with E-state index in [0.717, 1.165) is 48.3 Å². The van der Waals surface area contributed by atoms with Gasteiger partial charge in [0.1, 0.15) is 0 Å². The van der Waals surface area contributed by atoms with E-state index in [2.05, 4.69) is 70.3 Å². The molecule has 0 bridgehead atoms. The molecular weight excluding hydrogens is 451 g/mol. The summed E-state index contributed by atoms with van der Waals surface area (Å²) >= 11 is 2.31. The zero-order chi connectivity index (χ0) is 19.6. The van der Waals surface area contributed by atoms with Crippen LogP contribution in [0.15, 0.2) is 30.3 Å². The number of rotatable bonds is 6. The topological polar surface area (TPSA) is 34.5 Å². The fourth-order valence-electron chi connectivity index (χ4n) is 4.20. The summed E-state index contributed by atoms with van der Waals surface area (Å²) in [5.74, 6) is 0.205. The van der Waals surface area contributed by atoms with Crippen LogP contribution in [0.1, 0.15) is 47.4 Å². The Balaban J connectivity index is 1.72. The molecule has 3 rings (SSSR count). The molecule has 4 nitrogen and oxygen atoms in total. The number of nitrogens with zero attached hydrogens (tertiary/aromatic N) is 2. The van der Waals surface area contributed by atoms with Crippen LogP contribution in [-0.2, 0) is 4.74 Å². The summed E-state index contributed by atoms with van der Waals surface area (Å²) in [4.78, 5) is 15.2. The number of ketones is 1. The highest BCUT2D eigenvalue weighted by Gasteiger charge is 2.26. The van der Waals surface area contributed by atoms with E-state index in [9.17, 15) is 4.79 Å². The molecule has 5 heteroatoms. The number of likely N-dealkylation sites (N-methyl/N-ethyl adjacent to an activating group) is 1. The zero-order valence-corrected chi connectivity index (χ0v) is 18.8. The van der Waals surface area contributed by atoms with Gasteiger partial charge in [0.25, 0.3) is 0 Å². The van der Waals surface area contributed by atoms with Crippen LogP contribution in [0.2, 0.25) is 0 Å². The Labute approximate surface area is 176 Å². The molecule has 1 aromatic carbocycles. The minimum Gasteiger partial charge on any atom is -0.381 e. The zero-order valence-electron chi connectivity index (χ0n) is 16.7. The molecule has 1 aliphatic carbocycles. The van der Waals surface area contributed by atoms with Crippen molar-refractivity contribution in [2.45, 2.75) is 51.7 Å². The molecule has 0 amide bonds. The largest absolute Gasteiger partial charge is 0.381 e. The highest BCUT2D eigenvalue weighted by atomic mass is 127. The Morgan fingerprint density at radius 1 is 1.19 bits per heavy atom. The standard InChI is InChI=1S/C22H29IN2O2/c1-15-13-21(16(2)25(15)19-7-5-17(23)6-8-19)22(26)14-24(3)18-9-11-20(27-4)12-10-18/h5-8,13,18,20H,9-12,14H2,1-4H3. The second-order valence-corrected chi connectivity index (χ2v) is 8.85. The Morgan fingerprint density at radius 2 is 1.81 bits per heavy atom. The number of halogens is 1. The van der Waals surface area contributed by atoms with E-state index in [0.29, 0.717) is 18.7 Å². The van der Waals surface area contributed by atoms with Crippen molar-refractivity contribution in [3.05, 3.63) is 50.9 Å². The third-order valence-electron chi connectivity index (χ3n) is 5.81. The fourth-order valence-corrected chi connectivity index (χ4v) is 4.55. The van der Waals surface area contributed by atoms with Gasteiger partial charge in [-0.2, -0.15) is 0 Å². The van der Waals surface area contributed by atoms with Crippen LogP contribution in [-0.4, -0.2) is 48.1 Å². The number of Topliss-reactive ketones (excluding diaryl/α,β-unsaturated/α-hetero) is 1. The summed E-state index contributed by atoms with van der Waals surface area (Å²) in [5, 5.41) is 0. The van der Waals surface area contributed by atoms with Crippen molar-refractivity contribution >= 4 is 28.4 Å². The van der Waals surface area contributed by atoms with Gasteiger partial charge in [0, 0.05) is 39.4 Å². The second-order valence-electron chi connectivity index (χ2n) is 7.60. The molecule has 1 heterocycles. The number of ether oxygens (including phenoxy) is 1. The lowest BCUT2D eigenvalue weighted by Gasteiger charge is -2.33. The van der Waals surface area contributed by atoms with Gasteiger partial charge in [0.15, 0.2) is 5.78 Å². The van der Waals surface area contributed by atoms with Gasteiger partial charge in [0.05, 0.1) is 12.6 Å². The third kappa shape index (κ3) is 4.63. The number of benzene rings is 1. The van der Waals surface area contributed by atoms with E-state index in [-0.39, 0.29) is 5.78 Å². The molecule has 27 heavy (non-hydrogen) atoms. The summed E-state index contributed by atoms with van der Waals surface area (Å²) in [6, 6.07) is 10.9. The molecule has 1 fully saturated rings. The predicted octanol–water partition coefficient (Wildman–Crippen LogP) is 4.77. The molecule has 0 unspecified atom stereocenters. The maximum absolute atomic E-state index is 13.0. The highest BCUT2D eigenvalue weighted by molar-refractivity contribution is 14.1. The lowest BCUT2D eigenvalue weighted by molar-refractivity contribution is 0.0435. The lowest BCUT2D eigenvalue weighted by atomic mass is 9.92. The minimum atomic E-state index is 0.205. The molecule has 0 radical (unpaired) electrons. The second kappa shape index (κ2) is 8.88. The van der Waals surface area contributed by atoms with Gasteiger partial charge in [0.2, 0.25) is 0 Å². The molecule has 0 aliphatic heterocycles. The van der Waals surface area contributed by atoms with E-state index < -0.39 is 0 Å². The summed E-state index contributed by atoms with van der Waals surface area (Å²) in [7, 11) is 3.87. The average Bonchev–Trinajstić information content (AvgIpc) is 2.97. The van der Waals surface area contributed by atoms with Gasteiger partial charge in [-0.3, -0.25) is 9.69 Å². The number of hydrogen-bond acceptors (Lipinski definition) is 3. The molecule has 2 aromatic rings. The van der Waals surface area contributed by atoms with Crippen molar-refractivity contribution in [2.75, 3.05) is 20.7 Å². The molecular formula is C22H29IN2O2. The van der Waals surface area contributed by atoms with Crippen LogP contribution < -0.4 is 0 Å². The molecule has 1 aliphatic rings. The van der Waals surface area contributed by atoms with Crippen LogP contribution in [0.3, 0.4) is 0 Å². The summed E-state index contributed by atoms with van der Waals surface area (Å²) in [6.45, 7) is 4.58. The number of methoxy groups -OCH3 is 1. The van der Waals surface area contributed by atoms with E-state index in [1.165, 1.54) is 3.57 Å². The Kier molecular flexibility index (Phi) is 6.76. The van der Waals surface area contributed by atoms with Crippen molar-refractivity contribution in [3.8, 4) is 5.69 Å². The lowest BCUT2D eigenvalue weighted by Crippen LogP contribution is -2.39. The quantitative estimate of drug-likeness (QED) is 0.442. The van der Waals surface area contributed by atoms with Crippen molar-refractivity contribution in [1.82, 2.24) is 9.47 Å². The molecule has 146 valence electrons. The SMILES string of the molecule is COC1CCC(N(C)CC(=O)c2cc(C)n(-c3ccc(I)cc3)c2C)CC1. The van der Waals surface area contributed by atoms with Gasteiger partial charge in [-0.15, -0.1) is 0 Å². The number of carbonyl (C=O) groups is 1. The maximum Gasteiger partial charge on any atom is 0.178 e. The van der Waals surface area contributed by atoms with E-state index in [4.69, 9.17) is 4.74 Å². The molecule has 0 saturated heterocycles. The first-order valence-electron chi connectivity index (χ1n) is 9.61. The van der Waals surface area contributed by atoms with Crippen LogP contribution >= 0.6 is 22.6 Å². The first-order valence-corrected chi connectivity index (χ1v) is 10.7. The molecule has 1 aromatic heterocycles. The van der Waals surface area contributed by atoms with Crippen molar-refractivity contribution in [1.29, 1.82) is 0 Å². The maximum atomic E-state index is 13.0. The molecule has 0 N–H and O–H groups in total. The first-order chi connectivity index (χ1) is 12.9. The van der Waals surface area contributed by atoms with Crippen molar-refractivity contribution in [2.24, 2.45) is 0 Å². The minimum absolute atomic E-state index is 0.205. The Hall–Kier alpha value is -1.18. The molecule has 0 spiro atoms. The number of hydrogen-bond donors (Lipinski definition) is 0. The molecule has 1 saturated carbocycles. The fraction of sp³-hybridized carbons (Fsp3) is 0.500. The smallest absolute Gasteiger partial charge is 0.178 e. The van der Waals surface area contributed by atoms with Crippen LogP contribution in [0.25, 0.3) is 5.69 Å². The number of carbonyl (C=O) groups excluding carboxylic acids is 1. The van der Waals surface area contributed by atoms with E-state index in [1.807, 2.05) is 13.0 Å². The number of aryl methyl sites for hydroxylation is 1. The summed E-state index contributed by atoms with van der Waals surface area (Å²) in [6.07, 6.45) is 4.76. The monoisotopic (exact) mass is 480 g/mol. The normalized spacial score (nSPS) is 20.2. The van der Waals surface area contributed by atoms with Crippen LogP contribution in [0.5, 0.6) is 0 Å². The van der Waals surface area contributed by atoms with Crippen molar-refractivity contribution in [3.63, 3.8) is 0 Å². The van der Waals surface area contributed by atoms with Gasteiger partial charge >= 0.3 is 0 Å².